The Kier molecular flexibility index (Phi) is 3.71. The highest BCUT2D eigenvalue weighted by atomic mass is 35.5. The molecule has 1 amide bonds. The number of nitrogens with zero attached hydrogens (tertiary/aromatic N) is 2. The molecule has 0 bridgehead atoms. The van der Waals surface area contributed by atoms with Crippen molar-refractivity contribution in [1.29, 1.82) is 0 Å². The highest BCUT2D eigenvalue weighted by molar-refractivity contribution is 6.35. The van der Waals surface area contributed by atoms with E-state index < -0.39 is 16.4 Å². The van der Waals surface area contributed by atoms with Crippen LogP contribution in [0.15, 0.2) is 18.2 Å². The van der Waals surface area contributed by atoms with E-state index in [0.29, 0.717) is 0 Å². The lowest BCUT2D eigenvalue weighted by molar-refractivity contribution is -0.384. The minimum atomic E-state index is -0.886. The first-order chi connectivity index (χ1) is 9.26. The van der Waals surface area contributed by atoms with Crippen molar-refractivity contribution in [3.8, 4) is 0 Å². The fourth-order valence-electron chi connectivity index (χ4n) is 2.12. The number of hydrogen-bond acceptors (Lipinski definition) is 4. The number of halogens is 1. The van der Waals surface area contributed by atoms with Crippen molar-refractivity contribution in [3.05, 3.63) is 38.9 Å². The predicted octanol–water partition coefficient (Wildman–Crippen LogP) is 2.09. The van der Waals surface area contributed by atoms with Gasteiger partial charge in [0.2, 0.25) is 0 Å². The second-order valence-electron chi connectivity index (χ2n) is 5.32. The lowest BCUT2D eigenvalue weighted by Gasteiger charge is -2.49. The molecule has 20 heavy (non-hydrogen) atoms. The van der Waals surface area contributed by atoms with Crippen LogP contribution in [0, 0.1) is 16.0 Å². The molecular formula is C13H15ClN2O4. The maximum atomic E-state index is 12.2. The molecule has 1 N–H and O–H groups in total. The third kappa shape index (κ3) is 2.36. The molecule has 1 saturated heterocycles. The largest absolute Gasteiger partial charge is 0.386 e. The van der Waals surface area contributed by atoms with Crippen molar-refractivity contribution in [2.45, 2.75) is 19.4 Å². The molecule has 1 aliphatic heterocycles. The van der Waals surface area contributed by atoms with Crippen LogP contribution in [0.3, 0.4) is 0 Å². The Morgan fingerprint density at radius 2 is 2.10 bits per heavy atom. The molecule has 1 aromatic rings. The number of nitro groups is 1. The van der Waals surface area contributed by atoms with Crippen LogP contribution >= 0.6 is 11.6 Å². The summed E-state index contributed by atoms with van der Waals surface area (Å²) in [6.45, 7) is 4.18. The molecule has 1 fully saturated rings. The van der Waals surface area contributed by atoms with Crippen LogP contribution in [0.4, 0.5) is 5.69 Å². The van der Waals surface area contributed by atoms with Gasteiger partial charge in [0.15, 0.2) is 0 Å². The number of likely N-dealkylation sites (tertiary alicyclic amines) is 1. The standard InChI is InChI=1S/C13H15ClN2O4/c1-8(2)13(18)6-15(7-13)12(17)9-4-3-5-10(11(9)14)16(19)20/h3-5,8,18H,6-7H2,1-2H3. The van der Waals surface area contributed by atoms with E-state index in [2.05, 4.69) is 0 Å². The summed E-state index contributed by atoms with van der Waals surface area (Å²) >= 11 is 5.91. The third-order valence-electron chi connectivity index (χ3n) is 3.70. The number of amides is 1. The van der Waals surface area contributed by atoms with Gasteiger partial charge in [-0.15, -0.1) is 0 Å². The van der Waals surface area contributed by atoms with Crippen molar-refractivity contribution < 1.29 is 14.8 Å². The minimum Gasteiger partial charge on any atom is -0.386 e. The van der Waals surface area contributed by atoms with E-state index in [0.717, 1.165) is 0 Å². The molecule has 108 valence electrons. The lowest BCUT2D eigenvalue weighted by atomic mass is 9.82. The highest BCUT2D eigenvalue weighted by Crippen LogP contribution is 2.33. The maximum absolute atomic E-state index is 12.2. The summed E-state index contributed by atoms with van der Waals surface area (Å²) in [6.07, 6.45) is 0. The molecule has 1 heterocycles. The summed E-state index contributed by atoms with van der Waals surface area (Å²) in [5, 5.41) is 20.8. The molecule has 0 aliphatic carbocycles. The zero-order chi connectivity index (χ0) is 15.1. The first-order valence-corrected chi connectivity index (χ1v) is 6.58. The topological polar surface area (TPSA) is 83.7 Å². The van der Waals surface area contributed by atoms with Gasteiger partial charge in [-0.05, 0) is 12.0 Å². The number of carbonyl (C=O) groups is 1. The molecule has 0 aromatic heterocycles. The minimum absolute atomic E-state index is 0.0344. The molecule has 0 atom stereocenters. The molecule has 0 radical (unpaired) electrons. The van der Waals surface area contributed by atoms with Crippen LogP contribution in [0.2, 0.25) is 5.02 Å². The van der Waals surface area contributed by atoms with E-state index in [1.807, 2.05) is 13.8 Å². The first kappa shape index (κ1) is 14.7. The second-order valence-corrected chi connectivity index (χ2v) is 5.69. The summed E-state index contributed by atoms with van der Waals surface area (Å²) in [4.78, 5) is 23.8. The average Bonchev–Trinajstić information content (AvgIpc) is 2.33. The van der Waals surface area contributed by atoms with Crippen LogP contribution in [0.25, 0.3) is 0 Å². The van der Waals surface area contributed by atoms with Crippen molar-refractivity contribution >= 4 is 23.2 Å². The fraction of sp³-hybridized carbons (Fsp3) is 0.462. The summed E-state index contributed by atoms with van der Waals surface area (Å²) in [6, 6.07) is 4.12. The van der Waals surface area contributed by atoms with E-state index >= 15 is 0 Å². The lowest BCUT2D eigenvalue weighted by Crippen LogP contribution is -2.65. The average molecular weight is 299 g/mol. The monoisotopic (exact) mass is 298 g/mol. The van der Waals surface area contributed by atoms with Crippen molar-refractivity contribution in [1.82, 2.24) is 4.90 Å². The number of benzene rings is 1. The van der Waals surface area contributed by atoms with E-state index in [-0.39, 0.29) is 35.3 Å². The number of nitro benzene ring substituents is 1. The van der Waals surface area contributed by atoms with E-state index in [4.69, 9.17) is 11.6 Å². The maximum Gasteiger partial charge on any atom is 0.288 e. The van der Waals surface area contributed by atoms with E-state index in [1.165, 1.54) is 23.1 Å². The molecule has 0 saturated carbocycles. The number of carbonyl (C=O) groups excluding carboxylic acids is 1. The molecule has 2 rings (SSSR count). The summed E-state index contributed by atoms with van der Waals surface area (Å²) < 4.78 is 0. The Morgan fingerprint density at radius 1 is 1.50 bits per heavy atom. The quantitative estimate of drug-likeness (QED) is 0.684. The Labute approximate surface area is 121 Å². The molecular weight excluding hydrogens is 284 g/mol. The number of hydrogen-bond donors (Lipinski definition) is 1. The number of aliphatic hydroxyl groups is 1. The van der Waals surface area contributed by atoms with Gasteiger partial charge in [-0.2, -0.15) is 0 Å². The van der Waals surface area contributed by atoms with Crippen LogP contribution in [0.5, 0.6) is 0 Å². The SMILES string of the molecule is CC(C)C1(O)CN(C(=O)c2cccc([N+](=O)[O-])c2Cl)C1. The molecule has 0 unspecified atom stereocenters. The summed E-state index contributed by atoms with van der Waals surface area (Å²) in [5.74, 6) is -0.365. The third-order valence-corrected chi connectivity index (χ3v) is 4.09. The van der Waals surface area contributed by atoms with Crippen molar-refractivity contribution in [2.75, 3.05) is 13.1 Å². The Balaban J connectivity index is 2.20. The van der Waals surface area contributed by atoms with Gasteiger partial charge in [0, 0.05) is 6.07 Å². The predicted molar refractivity (Wildman–Crippen MR) is 73.8 cm³/mol. The molecule has 1 aromatic carbocycles. The van der Waals surface area contributed by atoms with Crippen LogP contribution in [0.1, 0.15) is 24.2 Å². The molecule has 0 spiro atoms. The van der Waals surface area contributed by atoms with Crippen molar-refractivity contribution in [2.24, 2.45) is 5.92 Å². The van der Waals surface area contributed by atoms with E-state index in [1.54, 1.807) is 0 Å². The number of β-amino-alcohol motifs (C(OH)–C–C–N with tert-alkyl or cyclic N) is 1. The Bertz CT molecular complexity index is 567. The van der Waals surface area contributed by atoms with Gasteiger partial charge in [-0.3, -0.25) is 14.9 Å². The van der Waals surface area contributed by atoms with Gasteiger partial charge in [0.05, 0.1) is 23.6 Å². The number of rotatable bonds is 3. The normalized spacial score (nSPS) is 16.9. The molecule has 6 nitrogen and oxygen atoms in total. The first-order valence-electron chi connectivity index (χ1n) is 6.21. The summed E-state index contributed by atoms with van der Waals surface area (Å²) in [5.41, 5.74) is -1.09. The zero-order valence-electron chi connectivity index (χ0n) is 11.2. The second kappa shape index (κ2) is 5.03. The zero-order valence-corrected chi connectivity index (χ0v) is 11.9. The molecule has 7 heteroatoms. The highest BCUT2D eigenvalue weighted by Gasteiger charge is 2.46. The van der Waals surface area contributed by atoms with Gasteiger partial charge >= 0.3 is 0 Å². The van der Waals surface area contributed by atoms with E-state index in [9.17, 15) is 20.0 Å². The van der Waals surface area contributed by atoms with Gasteiger partial charge in [-0.25, -0.2) is 0 Å². The van der Waals surface area contributed by atoms with Gasteiger partial charge < -0.3 is 10.0 Å². The van der Waals surface area contributed by atoms with Crippen molar-refractivity contribution in [3.63, 3.8) is 0 Å². The Morgan fingerprint density at radius 3 is 2.60 bits per heavy atom. The van der Waals surface area contributed by atoms with Crippen LogP contribution < -0.4 is 0 Å². The summed E-state index contributed by atoms with van der Waals surface area (Å²) in [7, 11) is 0. The smallest absolute Gasteiger partial charge is 0.288 e. The van der Waals surface area contributed by atoms with Crippen LogP contribution in [-0.4, -0.2) is 39.5 Å². The van der Waals surface area contributed by atoms with Gasteiger partial charge in [-0.1, -0.05) is 31.5 Å². The molecule has 1 aliphatic rings. The van der Waals surface area contributed by atoms with Crippen LogP contribution in [-0.2, 0) is 0 Å². The fourth-order valence-corrected chi connectivity index (χ4v) is 2.40. The van der Waals surface area contributed by atoms with Gasteiger partial charge in [0.1, 0.15) is 10.6 Å². The van der Waals surface area contributed by atoms with Gasteiger partial charge in [0.25, 0.3) is 11.6 Å². The Hall–Kier alpha value is -1.66.